The third-order valence-corrected chi connectivity index (χ3v) is 4.20. The molecule has 2 heterocycles. The molecule has 0 fully saturated rings. The molecule has 2 aromatic rings. The number of primary amides is 1. The number of nitrogens with zero attached hydrogens (tertiary/aromatic N) is 3. The van der Waals surface area contributed by atoms with Crippen LogP contribution in [0.25, 0.3) is 0 Å². The van der Waals surface area contributed by atoms with Gasteiger partial charge >= 0.3 is 0 Å². The van der Waals surface area contributed by atoms with Gasteiger partial charge in [-0.25, -0.2) is 0 Å². The van der Waals surface area contributed by atoms with E-state index in [9.17, 15) is 4.79 Å². The lowest BCUT2D eigenvalue weighted by Crippen LogP contribution is -2.48. The molecule has 5 nitrogen and oxygen atoms in total. The second-order valence-corrected chi connectivity index (χ2v) is 5.70. The second-order valence-electron chi connectivity index (χ2n) is 5.70. The zero-order chi connectivity index (χ0) is 15.0. The largest absolute Gasteiger partial charge is 0.368 e. The molecule has 0 spiro atoms. The van der Waals surface area contributed by atoms with Crippen molar-refractivity contribution in [3.63, 3.8) is 0 Å². The molecule has 5 heteroatoms. The van der Waals surface area contributed by atoms with Crippen molar-refractivity contribution in [3.8, 4) is 0 Å². The average Bonchev–Trinajstić information content (AvgIpc) is 2.76. The van der Waals surface area contributed by atoms with Crippen LogP contribution in [-0.4, -0.2) is 26.6 Å². The van der Waals surface area contributed by atoms with E-state index in [1.807, 2.05) is 30.8 Å². The number of benzene rings is 1. The van der Waals surface area contributed by atoms with Gasteiger partial charge in [-0.2, -0.15) is 5.10 Å². The van der Waals surface area contributed by atoms with E-state index < -0.39 is 0 Å². The standard InChI is InChI=1S/C16H20N4O/c1-11-7-14(18-19(11)2)10-20-9-13-6-4-3-5-12(13)8-15(20)16(17)21/h3-7,15H,8-10H2,1-2H3,(H2,17,21)/t15-/m0/s1. The number of carbonyl (C=O) groups is 1. The first-order valence-corrected chi connectivity index (χ1v) is 7.14. The van der Waals surface area contributed by atoms with Gasteiger partial charge in [0.25, 0.3) is 0 Å². The molecule has 1 aliphatic rings. The highest BCUT2D eigenvalue weighted by molar-refractivity contribution is 5.80. The minimum absolute atomic E-state index is 0.262. The number of nitrogens with two attached hydrogens (primary N) is 1. The van der Waals surface area contributed by atoms with Crippen LogP contribution < -0.4 is 5.73 Å². The van der Waals surface area contributed by atoms with Crippen molar-refractivity contribution in [2.24, 2.45) is 12.8 Å². The number of aryl methyl sites for hydroxylation is 2. The minimum atomic E-state index is -0.267. The van der Waals surface area contributed by atoms with Crippen molar-refractivity contribution in [1.29, 1.82) is 0 Å². The molecule has 0 unspecified atom stereocenters. The first-order chi connectivity index (χ1) is 10.0. The second kappa shape index (κ2) is 5.33. The van der Waals surface area contributed by atoms with E-state index in [1.165, 1.54) is 11.1 Å². The molecule has 21 heavy (non-hydrogen) atoms. The quantitative estimate of drug-likeness (QED) is 0.919. The van der Waals surface area contributed by atoms with E-state index in [2.05, 4.69) is 28.2 Å². The summed E-state index contributed by atoms with van der Waals surface area (Å²) in [5.41, 5.74) is 10.2. The SMILES string of the molecule is Cc1cc(CN2Cc3ccccc3C[C@H]2C(N)=O)nn1C. The maximum Gasteiger partial charge on any atom is 0.235 e. The van der Waals surface area contributed by atoms with Crippen LogP contribution in [-0.2, 0) is 31.4 Å². The van der Waals surface area contributed by atoms with Crippen LogP contribution in [0.2, 0.25) is 0 Å². The van der Waals surface area contributed by atoms with Crippen LogP contribution in [0.5, 0.6) is 0 Å². The molecular formula is C16H20N4O. The van der Waals surface area contributed by atoms with Crippen LogP contribution >= 0.6 is 0 Å². The molecule has 0 bridgehead atoms. The average molecular weight is 284 g/mol. The van der Waals surface area contributed by atoms with Gasteiger partial charge in [-0.3, -0.25) is 14.4 Å². The highest BCUT2D eigenvalue weighted by Gasteiger charge is 2.30. The summed E-state index contributed by atoms with van der Waals surface area (Å²) in [6.07, 6.45) is 0.678. The highest BCUT2D eigenvalue weighted by atomic mass is 16.1. The van der Waals surface area contributed by atoms with E-state index in [0.717, 1.165) is 17.9 Å². The van der Waals surface area contributed by atoms with Gasteiger partial charge in [0.15, 0.2) is 0 Å². The maximum absolute atomic E-state index is 11.8. The topological polar surface area (TPSA) is 64.2 Å². The third kappa shape index (κ3) is 2.69. The van der Waals surface area contributed by atoms with Crippen LogP contribution in [0.15, 0.2) is 30.3 Å². The first-order valence-electron chi connectivity index (χ1n) is 7.14. The summed E-state index contributed by atoms with van der Waals surface area (Å²) < 4.78 is 1.85. The monoisotopic (exact) mass is 284 g/mol. The summed E-state index contributed by atoms with van der Waals surface area (Å²) in [4.78, 5) is 13.9. The molecule has 0 radical (unpaired) electrons. The van der Waals surface area contributed by atoms with Crippen molar-refractivity contribution in [1.82, 2.24) is 14.7 Å². The van der Waals surface area contributed by atoms with Gasteiger partial charge in [0.1, 0.15) is 0 Å². The Morgan fingerprint density at radius 3 is 2.71 bits per heavy atom. The number of hydrogen-bond acceptors (Lipinski definition) is 3. The molecule has 1 aromatic carbocycles. The lowest BCUT2D eigenvalue weighted by molar-refractivity contribution is -0.124. The molecule has 0 saturated carbocycles. The Balaban J connectivity index is 1.87. The van der Waals surface area contributed by atoms with Gasteiger partial charge in [-0.15, -0.1) is 0 Å². The number of hydrogen-bond donors (Lipinski definition) is 1. The number of fused-ring (bicyclic) bond motifs is 1. The van der Waals surface area contributed by atoms with Crippen LogP contribution in [0.3, 0.4) is 0 Å². The fraction of sp³-hybridized carbons (Fsp3) is 0.375. The molecule has 1 aliphatic heterocycles. The molecule has 1 aromatic heterocycles. The zero-order valence-electron chi connectivity index (χ0n) is 12.4. The third-order valence-electron chi connectivity index (χ3n) is 4.20. The van der Waals surface area contributed by atoms with E-state index in [-0.39, 0.29) is 11.9 Å². The summed E-state index contributed by atoms with van der Waals surface area (Å²) >= 11 is 0. The number of amides is 1. The van der Waals surface area contributed by atoms with E-state index in [0.29, 0.717) is 13.0 Å². The molecule has 0 saturated heterocycles. The Labute approximate surface area is 124 Å². The van der Waals surface area contributed by atoms with Gasteiger partial charge in [0.05, 0.1) is 11.7 Å². The molecule has 1 amide bonds. The van der Waals surface area contributed by atoms with Crippen LogP contribution in [0, 0.1) is 6.92 Å². The minimum Gasteiger partial charge on any atom is -0.368 e. The Hall–Kier alpha value is -2.14. The van der Waals surface area contributed by atoms with Crippen LogP contribution in [0.1, 0.15) is 22.5 Å². The van der Waals surface area contributed by atoms with Gasteiger partial charge in [-0.05, 0) is 30.5 Å². The van der Waals surface area contributed by atoms with Crippen molar-refractivity contribution in [2.45, 2.75) is 32.5 Å². The highest BCUT2D eigenvalue weighted by Crippen LogP contribution is 2.24. The maximum atomic E-state index is 11.8. The normalized spacial score (nSPS) is 18.5. The smallest absolute Gasteiger partial charge is 0.235 e. The predicted molar refractivity (Wildman–Crippen MR) is 80.3 cm³/mol. The summed E-state index contributed by atoms with van der Waals surface area (Å²) in [5, 5.41) is 4.48. The Bertz CT molecular complexity index is 657. The molecule has 110 valence electrons. The lowest BCUT2D eigenvalue weighted by atomic mass is 9.93. The number of aromatic nitrogens is 2. The molecule has 0 aliphatic carbocycles. The predicted octanol–water partition coefficient (Wildman–Crippen LogP) is 1.14. The molecule has 3 rings (SSSR count). The van der Waals surface area contributed by atoms with Gasteiger partial charge in [-0.1, -0.05) is 24.3 Å². The summed E-state index contributed by atoms with van der Waals surface area (Å²) in [7, 11) is 1.93. The lowest BCUT2D eigenvalue weighted by Gasteiger charge is -2.34. The first kappa shape index (κ1) is 13.8. The summed E-state index contributed by atoms with van der Waals surface area (Å²) in [6, 6.07) is 10.0. The van der Waals surface area contributed by atoms with E-state index in [1.54, 1.807) is 0 Å². The van der Waals surface area contributed by atoms with Crippen molar-refractivity contribution >= 4 is 5.91 Å². The Kier molecular flexibility index (Phi) is 3.51. The fourth-order valence-corrected chi connectivity index (χ4v) is 2.94. The Morgan fingerprint density at radius 1 is 1.38 bits per heavy atom. The summed E-state index contributed by atoms with van der Waals surface area (Å²) in [6.45, 7) is 3.40. The molecule has 2 N–H and O–H groups in total. The number of rotatable bonds is 3. The Morgan fingerprint density at radius 2 is 2.10 bits per heavy atom. The number of carbonyl (C=O) groups excluding carboxylic acids is 1. The van der Waals surface area contributed by atoms with Crippen molar-refractivity contribution in [2.75, 3.05) is 0 Å². The van der Waals surface area contributed by atoms with E-state index >= 15 is 0 Å². The molecule has 1 atom stereocenters. The zero-order valence-corrected chi connectivity index (χ0v) is 12.4. The molecular weight excluding hydrogens is 264 g/mol. The van der Waals surface area contributed by atoms with Gasteiger partial charge < -0.3 is 5.73 Å². The van der Waals surface area contributed by atoms with Crippen molar-refractivity contribution in [3.05, 3.63) is 52.8 Å². The van der Waals surface area contributed by atoms with Gasteiger partial charge in [0, 0.05) is 25.8 Å². The fourth-order valence-electron chi connectivity index (χ4n) is 2.94. The van der Waals surface area contributed by atoms with Crippen molar-refractivity contribution < 1.29 is 4.79 Å². The van der Waals surface area contributed by atoms with Gasteiger partial charge in [0.2, 0.25) is 5.91 Å². The summed E-state index contributed by atoms with van der Waals surface area (Å²) in [5.74, 6) is -0.267. The van der Waals surface area contributed by atoms with E-state index in [4.69, 9.17) is 5.73 Å². The van der Waals surface area contributed by atoms with Crippen LogP contribution in [0.4, 0.5) is 0 Å².